The van der Waals surface area contributed by atoms with Crippen molar-refractivity contribution in [3.63, 3.8) is 0 Å². The van der Waals surface area contributed by atoms with E-state index in [9.17, 15) is 13.2 Å². The Hall–Kier alpha value is -2.88. The maximum atomic E-state index is 13.5. The van der Waals surface area contributed by atoms with Crippen molar-refractivity contribution in [2.45, 2.75) is 57.9 Å². The van der Waals surface area contributed by atoms with E-state index in [1.165, 1.54) is 0 Å². The lowest BCUT2D eigenvalue weighted by Crippen LogP contribution is -2.43. The maximum Gasteiger partial charge on any atom is 0.247 e. The van der Waals surface area contributed by atoms with Crippen molar-refractivity contribution in [1.82, 2.24) is 14.2 Å². The van der Waals surface area contributed by atoms with Crippen LogP contribution in [0.15, 0.2) is 41.4 Å². The zero-order chi connectivity index (χ0) is 27.0. The van der Waals surface area contributed by atoms with Gasteiger partial charge in [0.25, 0.3) is 0 Å². The number of hydrogen-bond acceptors (Lipinski definition) is 5. The van der Waals surface area contributed by atoms with Crippen molar-refractivity contribution < 1.29 is 13.2 Å². The van der Waals surface area contributed by atoms with Crippen LogP contribution in [0.2, 0.25) is 0 Å². The minimum Gasteiger partial charge on any atom is -0.369 e. The average Bonchev–Trinajstić information content (AvgIpc) is 3.27. The molecule has 1 aromatic heterocycles. The van der Waals surface area contributed by atoms with E-state index in [1.807, 2.05) is 37.6 Å². The van der Waals surface area contributed by atoms with Gasteiger partial charge in [0.1, 0.15) is 6.04 Å². The molecule has 38 heavy (non-hydrogen) atoms. The van der Waals surface area contributed by atoms with Gasteiger partial charge in [-0.3, -0.25) is 4.79 Å². The van der Waals surface area contributed by atoms with Gasteiger partial charge in [0.05, 0.1) is 4.90 Å². The number of anilines is 2. The molecular weight excluding hydrogens is 498 g/mol. The number of amides is 1. The Bertz CT molecular complexity index is 1450. The van der Waals surface area contributed by atoms with E-state index < -0.39 is 16.1 Å². The van der Waals surface area contributed by atoms with Gasteiger partial charge in [-0.05, 0) is 81.5 Å². The summed E-state index contributed by atoms with van der Waals surface area (Å²) in [6.45, 7) is 12.9. The first-order chi connectivity index (χ1) is 18.2. The summed E-state index contributed by atoms with van der Waals surface area (Å²) in [6.07, 6.45) is 4.83. The summed E-state index contributed by atoms with van der Waals surface area (Å²) in [7, 11) is -3.52. The highest BCUT2D eigenvalue weighted by Crippen LogP contribution is 2.33. The highest BCUT2D eigenvalue weighted by Gasteiger charge is 2.27. The molecule has 0 saturated carbocycles. The minimum atomic E-state index is -3.52. The van der Waals surface area contributed by atoms with Gasteiger partial charge in [0.15, 0.2) is 0 Å². The largest absolute Gasteiger partial charge is 0.369 e. The molecule has 1 unspecified atom stereocenters. The van der Waals surface area contributed by atoms with Gasteiger partial charge in [0.2, 0.25) is 15.9 Å². The number of piperazine rings is 1. The molecular formula is C29H39N5O3S. The molecule has 3 aromatic rings. The topological polar surface area (TPSA) is 86.7 Å². The second kappa shape index (κ2) is 10.7. The van der Waals surface area contributed by atoms with Gasteiger partial charge < -0.3 is 20.1 Å². The monoisotopic (exact) mass is 537 g/mol. The molecule has 1 atom stereocenters. The summed E-state index contributed by atoms with van der Waals surface area (Å²) in [4.78, 5) is 16.2. The fraction of sp³-hybridized carbons (Fsp3) is 0.483. The lowest BCUT2D eigenvalue weighted by molar-refractivity contribution is -0.118. The number of hydrogen-bond donors (Lipinski definition) is 2. The van der Waals surface area contributed by atoms with E-state index >= 15 is 0 Å². The number of carbonyl (C=O) groups excluding carboxylic acids is 1. The van der Waals surface area contributed by atoms with Gasteiger partial charge in [-0.1, -0.05) is 12.5 Å². The van der Waals surface area contributed by atoms with Crippen molar-refractivity contribution >= 4 is 38.2 Å². The molecule has 8 nitrogen and oxygen atoms in total. The van der Waals surface area contributed by atoms with Crippen molar-refractivity contribution in [2.75, 3.05) is 49.5 Å². The first-order valence-electron chi connectivity index (χ1n) is 13.7. The van der Waals surface area contributed by atoms with Gasteiger partial charge in [-0.15, -0.1) is 0 Å². The predicted octanol–water partition coefficient (Wildman–Crippen LogP) is 4.35. The molecule has 2 N–H and O–H groups in total. The predicted molar refractivity (Wildman–Crippen MR) is 154 cm³/mol. The molecule has 0 spiro atoms. The van der Waals surface area contributed by atoms with Gasteiger partial charge in [-0.2, -0.15) is 4.31 Å². The number of sulfonamides is 1. The molecule has 3 heterocycles. The van der Waals surface area contributed by atoms with Gasteiger partial charge in [-0.25, -0.2) is 8.42 Å². The zero-order valence-electron chi connectivity index (χ0n) is 22.9. The van der Waals surface area contributed by atoms with Crippen LogP contribution in [0.1, 0.15) is 48.9 Å². The first-order valence-corrected chi connectivity index (χ1v) is 15.1. The fourth-order valence-corrected chi connectivity index (χ4v) is 7.31. The van der Waals surface area contributed by atoms with Crippen molar-refractivity contribution in [3.8, 4) is 0 Å². The van der Waals surface area contributed by atoms with Gasteiger partial charge in [0, 0.05) is 67.7 Å². The molecule has 2 saturated heterocycles. The Kier molecular flexibility index (Phi) is 7.53. The number of nitrogens with zero attached hydrogens (tertiary/aromatic N) is 3. The third-order valence-corrected chi connectivity index (χ3v) is 10.00. The molecule has 2 aliphatic heterocycles. The maximum absolute atomic E-state index is 13.5. The third kappa shape index (κ3) is 4.95. The third-order valence-electron chi connectivity index (χ3n) is 8.10. The number of aryl methyl sites for hydroxylation is 2. The number of aromatic nitrogens is 1. The van der Waals surface area contributed by atoms with Crippen LogP contribution in [-0.2, 0) is 14.8 Å². The average molecular weight is 538 g/mol. The fourth-order valence-electron chi connectivity index (χ4n) is 5.77. The summed E-state index contributed by atoms with van der Waals surface area (Å²) in [5.74, 6) is -0.101. The number of carbonyl (C=O) groups is 1. The van der Waals surface area contributed by atoms with E-state index in [-0.39, 0.29) is 5.91 Å². The molecule has 0 radical (unpaired) electrons. The number of rotatable bonds is 6. The smallest absolute Gasteiger partial charge is 0.247 e. The number of nitrogens with one attached hydrogen (secondary N) is 2. The first kappa shape index (κ1) is 26.7. The Labute approximate surface area is 226 Å². The highest BCUT2D eigenvalue weighted by molar-refractivity contribution is 7.89. The second-order valence-corrected chi connectivity index (χ2v) is 12.6. The number of benzene rings is 2. The minimum absolute atomic E-state index is 0.101. The molecule has 2 fully saturated rings. The Balaban J connectivity index is 1.41. The number of fused-ring (bicyclic) bond motifs is 1. The Morgan fingerprint density at radius 1 is 0.947 bits per heavy atom. The molecule has 204 valence electrons. The quantitative estimate of drug-likeness (QED) is 0.488. The second-order valence-electron chi connectivity index (χ2n) is 10.7. The van der Waals surface area contributed by atoms with Crippen LogP contribution in [-0.4, -0.2) is 62.5 Å². The van der Waals surface area contributed by atoms with Crippen LogP contribution < -0.4 is 15.5 Å². The zero-order valence-corrected chi connectivity index (χ0v) is 23.7. The van der Waals surface area contributed by atoms with Crippen molar-refractivity contribution in [1.29, 1.82) is 0 Å². The van der Waals surface area contributed by atoms with Crippen LogP contribution >= 0.6 is 0 Å². The SMILES string of the molecule is Cc1ccc(N2CCNCC2)c(C)c1NC(=O)C(C)n1cc(C)c2cc(S(=O)(=O)N3CCCCC3)ccc21. The summed E-state index contributed by atoms with van der Waals surface area (Å²) in [5.41, 5.74) is 5.93. The van der Waals surface area contributed by atoms with Crippen LogP contribution in [0.5, 0.6) is 0 Å². The van der Waals surface area contributed by atoms with Crippen LogP contribution in [0.25, 0.3) is 10.9 Å². The molecule has 9 heteroatoms. The molecule has 0 aliphatic carbocycles. The lowest BCUT2D eigenvalue weighted by atomic mass is 10.0. The molecule has 2 aliphatic rings. The molecule has 1 amide bonds. The molecule has 0 bridgehead atoms. The van der Waals surface area contributed by atoms with Crippen LogP contribution in [0.3, 0.4) is 0 Å². The number of piperidine rings is 1. The van der Waals surface area contributed by atoms with Gasteiger partial charge >= 0.3 is 0 Å². The highest BCUT2D eigenvalue weighted by atomic mass is 32.2. The lowest BCUT2D eigenvalue weighted by Gasteiger charge is -2.32. The van der Waals surface area contributed by atoms with E-state index in [4.69, 9.17) is 0 Å². The van der Waals surface area contributed by atoms with E-state index in [1.54, 1.807) is 16.4 Å². The van der Waals surface area contributed by atoms with Crippen molar-refractivity contribution in [3.05, 3.63) is 53.2 Å². The standard InChI is InChI=1S/C29H39N5O3S/c1-20-8-10-26(32-16-12-30-13-17-32)22(3)28(20)31-29(35)23(4)34-19-21(2)25-18-24(9-11-27(25)34)38(36,37)33-14-6-5-7-15-33/h8-11,18-19,23,30H,5-7,12-17H2,1-4H3,(H,31,35). The van der Waals surface area contributed by atoms with E-state index in [0.29, 0.717) is 18.0 Å². The summed E-state index contributed by atoms with van der Waals surface area (Å²) in [5, 5.41) is 7.45. The molecule has 5 rings (SSSR count). The Morgan fingerprint density at radius 2 is 1.66 bits per heavy atom. The van der Waals surface area contributed by atoms with E-state index in [2.05, 4.69) is 34.6 Å². The summed E-state index contributed by atoms with van der Waals surface area (Å²) in [6, 6.07) is 9.03. The van der Waals surface area contributed by atoms with Crippen molar-refractivity contribution in [2.24, 2.45) is 0 Å². The normalized spacial score (nSPS) is 18.1. The summed E-state index contributed by atoms with van der Waals surface area (Å²) >= 11 is 0. The summed E-state index contributed by atoms with van der Waals surface area (Å²) < 4.78 is 30.0. The van der Waals surface area contributed by atoms with Crippen LogP contribution in [0.4, 0.5) is 11.4 Å². The molecule has 2 aromatic carbocycles. The van der Waals surface area contributed by atoms with E-state index in [0.717, 1.165) is 84.4 Å². The van der Waals surface area contributed by atoms with Crippen LogP contribution in [0, 0.1) is 20.8 Å². The Morgan fingerprint density at radius 3 is 2.37 bits per heavy atom.